The Labute approximate surface area is 102 Å². The molecule has 0 fully saturated rings. The van der Waals surface area contributed by atoms with E-state index in [0.29, 0.717) is 31.0 Å². The molecule has 4 heteroatoms. The fraction of sp³-hybridized carbons (Fsp3) is 0.462. The minimum Gasteiger partial charge on any atom is -0.398 e. The number of nitrogens with zero attached hydrogens (tertiary/aromatic N) is 1. The van der Waals surface area contributed by atoms with E-state index in [1.54, 1.807) is 18.0 Å². The Morgan fingerprint density at radius 3 is 2.82 bits per heavy atom. The van der Waals surface area contributed by atoms with E-state index in [2.05, 4.69) is 0 Å². The molecule has 0 radical (unpaired) electrons. The quantitative estimate of drug-likeness (QED) is 0.625. The van der Waals surface area contributed by atoms with Crippen LogP contribution in [0.2, 0.25) is 0 Å². The normalized spacial score (nSPS) is 10.3. The van der Waals surface area contributed by atoms with Gasteiger partial charge >= 0.3 is 0 Å². The predicted octanol–water partition coefficient (Wildman–Crippen LogP) is 1.69. The molecule has 1 aromatic carbocycles. The maximum atomic E-state index is 12.1. The summed E-state index contributed by atoms with van der Waals surface area (Å²) in [7, 11) is 1.75. The number of anilines is 1. The van der Waals surface area contributed by atoms with Crippen molar-refractivity contribution >= 4 is 11.6 Å². The van der Waals surface area contributed by atoms with Crippen molar-refractivity contribution in [2.75, 3.05) is 32.5 Å². The van der Waals surface area contributed by atoms with Gasteiger partial charge in [-0.2, -0.15) is 0 Å². The molecule has 0 heterocycles. The lowest BCUT2D eigenvalue weighted by atomic mass is 10.1. The molecule has 1 aromatic rings. The van der Waals surface area contributed by atoms with Gasteiger partial charge in [0.2, 0.25) is 0 Å². The van der Waals surface area contributed by atoms with E-state index in [9.17, 15) is 4.79 Å². The number of ether oxygens (including phenoxy) is 1. The average molecular weight is 236 g/mol. The number of aryl methyl sites for hydroxylation is 1. The topological polar surface area (TPSA) is 55.6 Å². The van der Waals surface area contributed by atoms with Crippen LogP contribution in [0, 0.1) is 6.92 Å². The number of hydrogen-bond donors (Lipinski definition) is 1. The van der Waals surface area contributed by atoms with Gasteiger partial charge in [-0.05, 0) is 26.0 Å². The third-order valence-electron chi connectivity index (χ3n) is 2.56. The third kappa shape index (κ3) is 3.75. The van der Waals surface area contributed by atoms with Crippen LogP contribution >= 0.6 is 0 Å². The lowest BCUT2D eigenvalue weighted by Crippen LogP contribution is -2.30. The molecule has 2 N–H and O–H groups in total. The van der Waals surface area contributed by atoms with Gasteiger partial charge in [0.25, 0.3) is 5.91 Å². The summed E-state index contributed by atoms with van der Waals surface area (Å²) in [6.07, 6.45) is 0. The summed E-state index contributed by atoms with van der Waals surface area (Å²) in [6.45, 7) is 5.65. The van der Waals surface area contributed by atoms with Crippen molar-refractivity contribution in [3.8, 4) is 0 Å². The number of likely N-dealkylation sites (N-methyl/N-ethyl adjacent to an activating group) is 1. The van der Waals surface area contributed by atoms with Crippen molar-refractivity contribution < 1.29 is 9.53 Å². The van der Waals surface area contributed by atoms with Crippen molar-refractivity contribution in [1.82, 2.24) is 4.90 Å². The Morgan fingerprint density at radius 1 is 1.47 bits per heavy atom. The van der Waals surface area contributed by atoms with Gasteiger partial charge in [0.15, 0.2) is 0 Å². The minimum atomic E-state index is -0.0640. The fourth-order valence-electron chi connectivity index (χ4n) is 1.51. The monoisotopic (exact) mass is 236 g/mol. The number of carbonyl (C=O) groups is 1. The number of nitrogen functional groups attached to an aromatic ring is 1. The predicted molar refractivity (Wildman–Crippen MR) is 69.0 cm³/mol. The molecule has 94 valence electrons. The van der Waals surface area contributed by atoms with E-state index in [4.69, 9.17) is 10.5 Å². The van der Waals surface area contributed by atoms with Gasteiger partial charge < -0.3 is 15.4 Å². The SMILES string of the molecule is CCOCCN(C)C(=O)c1cc(C)ccc1N. The van der Waals surface area contributed by atoms with E-state index in [1.165, 1.54) is 0 Å². The Bertz CT molecular complexity index is 391. The molecule has 0 bridgehead atoms. The molecule has 17 heavy (non-hydrogen) atoms. The molecule has 0 aliphatic heterocycles. The van der Waals surface area contributed by atoms with Crippen LogP contribution in [0.15, 0.2) is 18.2 Å². The van der Waals surface area contributed by atoms with Crippen LogP contribution in [0.4, 0.5) is 5.69 Å². The minimum absolute atomic E-state index is 0.0640. The largest absolute Gasteiger partial charge is 0.398 e. The maximum absolute atomic E-state index is 12.1. The number of amides is 1. The molecule has 4 nitrogen and oxygen atoms in total. The molecule has 0 aliphatic rings. The van der Waals surface area contributed by atoms with Gasteiger partial charge in [-0.15, -0.1) is 0 Å². The summed E-state index contributed by atoms with van der Waals surface area (Å²) in [5, 5.41) is 0. The highest BCUT2D eigenvalue weighted by molar-refractivity contribution is 5.99. The second-order valence-corrected chi connectivity index (χ2v) is 4.01. The zero-order valence-electron chi connectivity index (χ0n) is 10.7. The molecular formula is C13H20N2O2. The number of nitrogens with two attached hydrogens (primary N) is 1. The summed E-state index contributed by atoms with van der Waals surface area (Å²) in [4.78, 5) is 13.7. The summed E-state index contributed by atoms with van der Waals surface area (Å²) >= 11 is 0. The molecular weight excluding hydrogens is 216 g/mol. The van der Waals surface area contributed by atoms with Gasteiger partial charge in [0.05, 0.1) is 12.2 Å². The number of rotatable bonds is 5. The first-order chi connectivity index (χ1) is 8.06. The van der Waals surface area contributed by atoms with Crippen molar-refractivity contribution in [2.24, 2.45) is 0 Å². The highest BCUT2D eigenvalue weighted by Gasteiger charge is 2.14. The molecule has 0 saturated heterocycles. The van der Waals surface area contributed by atoms with E-state index in [-0.39, 0.29) is 5.91 Å². The molecule has 1 amide bonds. The van der Waals surface area contributed by atoms with E-state index >= 15 is 0 Å². The summed E-state index contributed by atoms with van der Waals surface area (Å²) in [6, 6.07) is 5.47. The van der Waals surface area contributed by atoms with Crippen molar-refractivity contribution in [1.29, 1.82) is 0 Å². The highest BCUT2D eigenvalue weighted by atomic mass is 16.5. The first-order valence-corrected chi connectivity index (χ1v) is 5.75. The second-order valence-electron chi connectivity index (χ2n) is 4.01. The van der Waals surface area contributed by atoms with Crippen LogP contribution in [-0.4, -0.2) is 37.6 Å². The van der Waals surface area contributed by atoms with Gasteiger partial charge in [0, 0.05) is 25.9 Å². The summed E-state index contributed by atoms with van der Waals surface area (Å²) < 4.78 is 5.22. The first kappa shape index (κ1) is 13.5. The van der Waals surface area contributed by atoms with Crippen LogP contribution in [0.3, 0.4) is 0 Å². The average Bonchev–Trinajstić information content (AvgIpc) is 2.31. The molecule has 0 spiro atoms. The number of benzene rings is 1. The Kier molecular flexibility index (Phi) is 4.97. The highest BCUT2D eigenvalue weighted by Crippen LogP contribution is 2.15. The maximum Gasteiger partial charge on any atom is 0.255 e. The standard InChI is InChI=1S/C13H20N2O2/c1-4-17-8-7-15(3)13(16)11-9-10(2)5-6-12(11)14/h5-6,9H,4,7-8,14H2,1-3H3. The molecule has 0 unspecified atom stereocenters. The van der Waals surface area contributed by atoms with Crippen LogP contribution in [0.5, 0.6) is 0 Å². The van der Waals surface area contributed by atoms with Crippen LogP contribution in [-0.2, 0) is 4.74 Å². The molecule has 0 aliphatic carbocycles. The lowest BCUT2D eigenvalue weighted by Gasteiger charge is -2.18. The third-order valence-corrected chi connectivity index (χ3v) is 2.56. The fourth-order valence-corrected chi connectivity index (χ4v) is 1.51. The Balaban J connectivity index is 2.71. The molecule has 0 atom stereocenters. The lowest BCUT2D eigenvalue weighted by molar-refractivity contribution is 0.0711. The zero-order chi connectivity index (χ0) is 12.8. The van der Waals surface area contributed by atoms with Crippen LogP contribution < -0.4 is 5.73 Å². The summed E-state index contributed by atoms with van der Waals surface area (Å²) in [5.74, 6) is -0.0640. The first-order valence-electron chi connectivity index (χ1n) is 5.75. The van der Waals surface area contributed by atoms with E-state index < -0.39 is 0 Å². The number of hydrogen-bond acceptors (Lipinski definition) is 3. The van der Waals surface area contributed by atoms with Gasteiger partial charge in [0.1, 0.15) is 0 Å². The Morgan fingerprint density at radius 2 is 2.18 bits per heavy atom. The van der Waals surface area contributed by atoms with Crippen molar-refractivity contribution in [2.45, 2.75) is 13.8 Å². The van der Waals surface area contributed by atoms with Crippen molar-refractivity contribution in [3.63, 3.8) is 0 Å². The van der Waals surface area contributed by atoms with Gasteiger partial charge in [-0.1, -0.05) is 11.6 Å². The zero-order valence-corrected chi connectivity index (χ0v) is 10.7. The van der Waals surface area contributed by atoms with E-state index in [0.717, 1.165) is 5.56 Å². The second kappa shape index (κ2) is 6.25. The van der Waals surface area contributed by atoms with Crippen LogP contribution in [0.25, 0.3) is 0 Å². The van der Waals surface area contributed by atoms with Crippen molar-refractivity contribution in [3.05, 3.63) is 29.3 Å². The number of carbonyl (C=O) groups excluding carboxylic acids is 1. The smallest absolute Gasteiger partial charge is 0.255 e. The van der Waals surface area contributed by atoms with E-state index in [1.807, 2.05) is 26.0 Å². The molecule has 0 saturated carbocycles. The Hall–Kier alpha value is -1.55. The van der Waals surface area contributed by atoms with Crippen LogP contribution in [0.1, 0.15) is 22.8 Å². The molecule has 1 rings (SSSR count). The van der Waals surface area contributed by atoms with Gasteiger partial charge in [-0.25, -0.2) is 0 Å². The molecule has 0 aromatic heterocycles. The summed E-state index contributed by atoms with van der Waals surface area (Å²) in [5.41, 5.74) is 7.91. The van der Waals surface area contributed by atoms with Gasteiger partial charge in [-0.3, -0.25) is 4.79 Å².